The monoisotopic (exact) mass is 393 g/mol. The van der Waals surface area contributed by atoms with Crippen molar-refractivity contribution in [3.05, 3.63) is 35.4 Å². The molecule has 26 heavy (non-hydrogen) atoms. The minimum absolute atomic E-state index is 0.199. The van der Waals surface area contributed by atoms with Crippen molar-refractivity contribution in [3.63, 3.8) is 0 Å². The van der Waals surface area contributed by atoms with Crippen LogP contribution in [-0.4, -0.2) is 56.1 Å². The molecule has 1 N–H and O–H groups in total. The van der Waals surface area contributed by atoms with Gasteiger partial charge in [-0.05, 0) is 31.0 Å². The first-order valence-electron chi connectivity index (χ1n) is 8.16. The highest BCUT2D eigenvalue weighted by Gasteiger charge is 2.31. The van der Waals surface area contributed by atoms with Crippen molar-refractivity contribution in [2.45, 2.75) is 25.6 Å². The number of hydrogen-bond donors (Lipinski definition) is 1. The zero-order valence-corrected chi connectivity index (χ0v) is 15.4. The Kier molecular flexibility index (Phi) is 6.17. The lowest BCUT2D eigenvalue weighted by Crippen LogP contribution is -2.43. The van der Waals surface area contributed by atoms with Gasteiger partial charge in [-0.1, -0.05) is 12.1 Å². The van der Waals surface area contributed by atoms with Crippen molar-refractivity contribution in [2.75, 3.05) is 32.4 Å². The second kappa shape index (κ2) is 7.83. The molecule has 6 nitrogen and oxygen atoms in total. The van der Waals surface area contributed by atoms with Crippen LogP contribution in [0.4, 0.5) is 18.0 Å². The number of urea groups is 1. The first-order valence-corrected chi connectivity index (χ1v) is 10.0. The van der Waals surface area contributed by atoms with E-state index in [0.717, 1.165) is 18.4 Å². The standard InChI is InChI=1S/C16H22F3N3O3S/c1-12(13-5-3-6-14(11-13)16(17,18)19)20-15(23)21-7-4-8-22(10-9-21)26(2,24)25/h3,5-6,11-12H,4,7-10H2,1-2H3,(H,20,23). The predicted molar refractivity (Wildman–Crippen MR) is 91.0 cm³/mol. The average Bonchev–Trinajstić information content (AvgIpc) is 2.80. The molecule has 146 valence electrons. The van der Waals surface area contributed by atoms with Crippen LogP contribution >= 0.6 is 0 Å². The molecule has 1 fully saturated rings. The van der Waals surface area contributed by atoms with Crippen LogP contribution in [0.25, 0.3) is 0 Å². The molecule has 0 bridgehead atoms. The van der Waals surface area contributed by atoms with Crippen molar-refractivity contribution < 1.29 is 26.4 Å². The fraction of sp³-hybridized carbons (Fsp3) is 0.562. The maximum absolute atomic E-state index is 12.8. The number of sulfonamides is 1. The molecule has 1 saturated heterocycles. The maximum Gasteiger partial charge on any atom is 0.416 e. The number of carbonyl (C=O) groups excluding carboxylic acids is 1. The normalized spacial score (nSPS) is 18.3. The number of carbonyl (C=O) groups is 1. The molecule has 1 unspecified atom stereocenters. The van der Waals surface area contributed by atoms with Crippen LogP contribution in [0.2, 0.25) is 0 Å². The van der Waals surface area contributed by atoms with Crippen LogP contribution in [0.1, 0.15) is 30.5 Å². The number of benzene rings is 1. The summed E-state index contributed by atoms with van der Waals surface area (Å²) < 4.78 is 63.0. The van der Waals surface area contributed by atoms with Gasteiger partial charge in [-0.25, -0.2) is 17.5 Å². The van der Waals surface area contributed by atoms with E-state index in [-0.39, 0.29) is 13.1 Å². The molecule has 10 heteroatoms. The van der Waals surface area contributed by atoms with Crippen molar-refractivity contribution >= 4 is 16.1 Å². The van der Waals surface area contributed by atoms with Gasteiger partial charge in [-0.15, -0.1) is 0 Å². The van der Waals surface area contributed by atoms with E-state index in [9.17, 15) is 26.4 Å². The summed E-state index contributed by atoms with van der Waals surface area (Å²) >= 11 is 0. The molecular formula is C16H22F3N3O3S. The molecule has 1 aromatic carbocycles. The van der Waals surface area contributed by atoms with E-state index >= 15 is 0 Å². The van der Waals surface area contributed by atoms with Crippen molar-refractivity contribution in [2.24, 2.45) is 0 Å². The molecule has 1 aliphatic rings. The first kappa shape index (κ1) is 20.5. The highest BCUT2D eigenvalue weighted by Crippen LogP contribution is 2.30. The second-order valence-electron chi connectivity index (χ2n) is 6.30. The molecule has 1 aliphatic heterocycles. The zero-order chi connectivity index (χ0) is 19.5. The lowest BCUT2D eigenvalue weighted by atomic mass is 10.1. The molecule has 0 spiro atoms. The summed E-state index contributed by atoms with van der Waals surface area (Å²) in [6.45, 7) is 2.76. The van der Waals surface area contributed by atoms with Gasteiger partial charge < -0.3 is 10.2 Å². The van der Waals surface area contributed by atoms with Gasteiger partial charge in [-0.3, -0.25) is 0 Å². The Morgan fingerprint density at radius 1 is 1.19 bits per heavy atom. The average molecular weight is 393 g/mol. The number of nitrogens with zero attached hydrogens (tertiary/aromatic N) is 2. The minimum atomic E-state index is -4.44. The van der Waals surface area contributed by atoms with Gasteiger partial charge >= 0.3 is 12.2 Å². The SMILES string of the molecule is CC(NC(=O)N1CCCN(S(C)(=O)=O)CC1)c1cccc(C(F)(F)F)c1. The predicted octanol–water partition coefficient (Wildman–Crippen LogP) is 2.44. The smallest absolute Gasteiger partial charge is 0.331 e. The van der Waals surface area contributed by atoms with E-state index in [2.05, 4.69) is 5.32 Å². The van der Waals surface area contributed by atoms with Gasteiger partial charge in [0.25, 0.3) is 0 Å². The van der Waals surface area contributed by atoms with Crippen LogP contribution in [0.15, 0.2) is 24.3 Å². The summed E-state index contributed by atoms with van der Waals surface area (Å²) in [5.41, 5.74) is -0.421. The topological polar surface area (TPSA) is 69.7 Å². The molecule has 1 atom stereocenters. The summed E-state index contributed by atoms with van der Waals surface area (Å²) in [6, 6.07) is 3.78. The summed E-state index contributed by atoms with van der Waals surface area (Å²) in [5.74, 6) is 0. The number of amides is 2. The van der Waals surface area contributed by atoms with Gasteiger partial charge in [-0.2, -0.15) is 13.2 Å². The van der Waals surface area contributed by atoms with Crippen LogP contribution in [0, 0.1) is 0 Å². The van der Waals surface area contributed by atoms with E-state index in [1.165, 1.54) is 21.3 Å². The number of rotatable bonds is 3. The molecule has 0 aromatic heterocycles. The van der Waals surface area contributed by atoms with Gasteiger partial charge in [0, 0.05) is 26.2 Å². The summed E-state index contributed by atoms with van der Waals surface area (Å²) in [6.07, 6.45) is -2.82. The minimum Gasteiger partial charge on any atom is -0.331 e. The lowest BCUT2D eigenvalue weighted by Gasteiger charge is -2.24. The van der Waals surface area contributed by atoms with Gasteiger partial charge in [0.15, 0.2) is 0 Å². The number of alkyl halides is 3. The van der Waals surface area contributed by atoms with Crippen LogP contribution in [-0.2, 0) is 16.2 Å². The fourth-order valence-electron chi connectivity index (χ4n) is 2.77. The molecule has 0 aliphatic carbocycles. The van der Waals surface area contributed by atoms with Crippen LogP contribution in [0.5, 0.6) is 0 Å². The Morgan fingerprint density at radius 3 is 2.50 bits per heavy atom. The molecular weight excluding hydrogens is 371 g/mol. The molecule has 2 amide bonds. The Bertz CT molecular complexity index is 753. The third-order valence-corrected chi connectivity index (χ3v) is 5.57. The molecule has 1 aromatic rings. The second-order valence-corrected chi connectivity index (χ2v) is 8.28. The lowest BCUT2D eigenvalue weighted by molar-refractivity contribution is -0.137. The van der Waals surface area contributed by atoms with Crippen molar-refractivity contribution in [3.8, 4) is 0 Å². The van der Waals surface area contributed by atoms with Crippen molar-refractivity contribution in [1.29, 1.82) is 0 Å². The first-order chi connectivity index (χ1) is 12.0. The van der Waals surface area contributed by atoms with Crippen LogP contribution < -0.4 is 5.32 Å². The third kappa shape index (κ3) is 5.34. The van der Waals surface area contributed by atoms with Gasteiger partial charge in [0.1, 0.15) is 0 Å². The quantitative estimate of drug-likeness (QED) is 0.858. The molecule has 1 heterocycles. The Balaban J connectivity index is 2.01. The number of hydrogen-bond acceptors (Lipinski definition) is 3. The van der Waals surface area contributed by atoms with Gasteiger partial charge in [0.2, 0.25) is 10.0 Å². The number of halogens is 3. The van der Waals surface area contributed by atoms with Crippen molar-refractivity contribution in [1.82, 2.24) is 14.5 Å². The highest BCUT2D eigenvalue weighted by atomic mass is 32.2. The zero-order valence-electron chi connectivity index (χ0n) is 14.6. The Hall–Kier alpha value is -1.81. The van der Waals surface area contributed by atoms with E-state index in [1.54, 1.807) is 6.92 Å². The molecule has 0 radical (unpaired) electrons. The van der Waals surface area contributed by atoms with E-state index < -0.39 is 33.8 Å². The Morgan fingerprint density at radius 2 is 1.88 bits per heavy atom. The van der Waals surface area contributed by atoms with E-state index in [4.69, 9.17) is 0 Å². The summed E-state index contributed by atoms with van der Waals surface area (Å²) in [4.78, 5) is 13.9. The molecule has 0 saturated carbocycles. The highest BCUT2D eigenvalue weighted by molar-refractivity contribution is 7.88. The summed E-state index contributed by atoms with van der Waals surface area (Å²) in [7, 11) is -3.31. The maximum atomic E-state index is 12.8. The third-order valence-electron chi connectivity index (χ3n) is 4.27. The van der Waals surface area contributed by atoms with E-state index in [0.29, 0.717) is 25.1 Å². The fourth-order valence-corrected chi connectivity index (χ4v) is 3.65. The summed E-state index contributed by atoms with van der Waals surface area (Å²) in [5, 5.41) is 2.68. The number of nitrogens with one attached hydrogen (secondary N) is 1. The molecule has 2 rings (SSSR count). The van der Waals surface area contributed by atoms with E-state index in [1.807, 2.05) is 0 Å². The Labute approximate surface area is 151 Å². The largest absolute Gasteiger partial charge is 0.416 e. The van der Waals surface area contributed by atoms with Crippen LogP contribution in [0.3, 0.4) is 0 Å². The van der Waals surface area contributed by atoms with Gasteiger partial charge in [0.05, 0.1) is 17.9 Å².